The molecular weight excluding hydrogens is 262 g/mol. The fraction of sp³-hybridized carbons (Fsp3) is 0.118. The highest BCUT2D eigenvalue weighted by Crippen LogP contribution is 2.21. The van der Waals surface area contributed by atoms with Crippen molar-refractivity contribution in [3.05, 3.63) is 66.4 Å². The van der Waals surface area contributed by atoms with Crippen LogP contribution in [-0.2, 0) is 0 Å². The Morgan fingerprint density at radius 3 is 2.38 bits per heavy atom. The summed E-state index contributed by atoms with van der Waals surface area (Å²) >= 11 is 0. The lowest BCUT2D eigenvalue weighted by molar-refractivity contribution is 0.415. The Kier molecular flexibility index (Phi) is 3.60. The van der Waals surface area contributed by atoms with E-state index in [0.717, 1.165) is 28.6 Å². The molecule has 0 aliphatic carbocycles. The molecule has 0 spiro atoms. The van der Waals surface area contributed by atoms with Crippen molar-refractivity contribution in [3.8, 4) is 11.4 Å². The van der Waals surface area contributed by atoms with Gasteiger partial charge >= 0.3 is 0 Å². The first-order chi connectivity index (χ1) is 10.3. The van der Waals surface area contributed by atoms with E-state index in [9.17, 15) is 0 Å². The van der Waals surface area contributed by atoms with Gasteiger partial charge in [-0.15, -0.1) is 5.10 Å². The molecule has 0 bridgehead atoms. The summed E-state index contributed by atoms with van der Waals surface area (Å²) in [7, 11) is 1.66. The minimum Gasteiger partial charge on any atom is -0.497 e. The highest BCUT2D eigenvalue weighted by atomic mass is 16.5. The molecule has 0 saturated heterocycles. The maximum Gasteiger partial charge on any atom is 0.153 e. The average Bonchev–Trinajstić information content (AvgIpc) is 2.89. The molecule has 21 heavy (non-hydrogen) atoms. The van der Waals surface area contributed by atoms with Gasteiger partial charge in [-0.25, -0.2) is 4.68 Å². The van der Waals surface area contributed by atoms with Crippen molar-refractivity contribution in [3.63, 3.8) is 0 Å². The van der Waals surface area contributed by atoms with Crippen molar-refractivity contribution in [2.75, 3.05) is 12.4 Å². The molecule has 0 saturated carbocycles. The van der Waals surface area contributed by atoms with Gasteiger partial charge in [0.05, 0.1) is 12.8 Å². The average molecular weight is 279 g/mol. The summed E-state index contributed by atoms with van der Waals surface area (Å²) in [6.07, 6.45) is 0. The number of ether oxygens (including phenoxy) is 1. The molecule has 1 N–H and O–H groups in total. The SMILES string of the molecule is COc1ccc(Nc2cc(C)n(-c3ccccc3)n2)cc1. The van der Waals surface area contributed by atoms with Crippen LogP contribution < -0.4 is 10.1 Å². The van der Waals surface area contributed by atoms with Crippen LogP contribution >= 0.6 is 0 Å². The summed E-state index contributed by atoms with van der Waals surface area (Å²) in [5.74, 6) is 1.66. The Morgan fingerprint density at radius 2 is 1.71 bits per heavy atom. The summed E-state index contributed by atoms with van der Waals surface area (Å²) in [5.41, 5.74) is 3.11. The lowest BCUT2D eigenvalue weighted by Crippen LogP contribution is -1.99. The van der Waals surface area contributed by atoms with Crippen LogP contribution in [0.25, 0.3) is 5.69 Å². The lowest BCUT2D eigenvalue weighted by atomic mass is 10.3. The van der Waals surface area contributed by atoms with Crippen molar-refractivity contribution < 1.29 is 4.74 Å². The number of aryl methyl sites for hydroxylation is 1. The third-order valence-electron chi connectivity index (χ3n) is 3.25. The summed E-state index contributed by atoms with van der Waals surface area (Å²) in [4.78, 5) is 0. The van der Waals surface area contributed by atoms with Gasteiger partial charge in [0.25, 0.3) is 0 Å². The smallest absolute Gasteiger partial charge is 0.153 e. The monoisotopic (exact) mass is 279 g/mol. The molecule has 3 rings (SSSR count). The molecule has 2 aromatic carbocycles. The number of aromatic nitrogens is 2. The Hall–Kier alpha value is -2.75. The largest absolute Gasteiger partial charge is 0.497 e. The fourth-order valence-electron chi connectivity index (χ4n) is 2.19. The second-order valence-electron chi connectivity index (χ2n) is 4.77. The number of anilines is 2. The Morgan fingerprint density at radius 1 is 1.00 bits per heavy atom. The maximum absolute atomic E-state index is 5.15. The van der Waals surface area contributed by atoms with E-state index >= 15 is 0 Å². The van der Waals surface area contributed by atoms with Crippen LogP contribution in [0.15, 0.2) is 60.7 Å². The van der Waals surface area contributed by atoms with Crippen molar-refractivity contribution in [1.29, 1.82) is 0 Å². The third kappa shape index (κ3) is 2.89. The molecule has 0 aliphatic heterocycles. The summed E-state index contributed by atoms with van der Waals surface area (Å²) in [6, 6.07) is 19.9. The predicted molar refractivity (Wildman–Crippen MR) is 84.6 cm³/mol. The maximum atomic E-state index is 5.15. The number of para-hydroxylation sites is 1. The van der Waals surface area contributed by atoms with Crippen LogP contribution in [0, 0.1) is 6.92 Å². The Balaban J connectivity index is 1.83. The van der Waals surface area contributed by atoms with E-state index < -0.39 is 0 Å². The van der Waals surface area contributed by atoms with Gasteiger partial charge < -0.3 is 10.1 Å². The molecular formula is C17H17N3O. The highest BCUT2D eigenvalue weighted by Gasteiger charge is 2.06. The topological polar surface area (TPSA) is 39.1 Å². The van der Waals surface area contributed by atoms with E-state index in [1.54, 1.807) is 7.11 Å². The molecule has 106 valence electrons. The van der Waals surface area contributed by atoms with E-state index in [1.165, 1.54) is 0 Å². The first-order valence-corrected chi connectivity index (χ1v) is 6.79. The van der Waals surface area contributed by atoms with Gasteiger partial charge in [-0.05, 0) is 43.3 Å². The molecule has 1 aromatic heterocycles. The fourth-order valence-corrected chi connectivity index (χ4v) is 2.19. The third-order valence-corrected chi connectivity index (χ3v) is 3.25. The van der Waals surface area contributed by atoms with Gasteiger partial charge in [0.15, 0.2) is 5.82 Å². The van der Waals surface area contributed by atoms with Crippen molar-refractivity contribution in [1.82, 2.24) is 9.78 Å². The van der Waals surface area contributed by atoms with E-state index in [2.05, 4.69) is 10.4 Å². The van der Waals surface area contributed by atoms with Gasteiger partial charge in [-0.2, -0.15) is 0 Å². The number of methoxy groups -OCH3 is 1. The van der Waals surface area contributed by atoms with Crippen LogP contribution in [0.2, 0.25) is 0 Å². The minimum atomic E-state index is 0.821. The van der Waals surface area contributed by atoms with E-state index in [4.69, 9.17) is 4.74 Å². The molecule has 4 heteroatoms. The molecule has 0 unspecified atom stereocenters. The first-order valence-electron chi connectivity index (χ1n) is 6.79. The number of benzene rings is 2. The standard InChI is InChI=1S/C17H17N3O/c1-13-12-17(18-14-8-10-16(21-2)11-9-14)19-20(13)15-6-4-3-5-7-15/h3-12H,1-2H3,(H,18,19). The zero-order chi connectivity index (χ0) is 14.7. The van der Waals surface area contributed by atoms with Crippen LogP contribution in [0.3, 0.4) is 0 Å². The van der Waals surface area contributed by atoms with Gasteiger partial charge in [-0.3, -0.25) is 0 Å². The van der Waals surface area contributed by atoms with Crippen molar-refractivity contribution >= 4 is 11.5 Å². The number of nitrogens with zero attached hydrogens (tertiary/aromatic N) is 2. The summed E-state index contributed by atoms with van der Waals surface area (Å²) in [5, 5.41) is 7.89. The number of hydrogen-bond acceptors (Lipinski definition) is 3. The summed E-state index contributed by atoms with van der Waals surface area (Å²) in [6.45, 7) is 2.04. The molecule has 0 radical (unpaired) electrons. The van der Waals surface area contributed by atoms with Crippen molar-refractivity contribution in [2.24, 2.45) is 0 Å². The van der Waals surface area contributed by atoms with Gasteiger partial charge in [0.2, 0.25) is 0 Å². The summed E-state index contributed by atoms with van der Waals surface area (Å²) < 4.78 is 7.08. The zero-order valence-corrected chi connectivity index (χ0v) is 12.1. The van der Waals surface area contributed by atoms with Crippen LogP contribution in [0.5, 0.6) is 5.75 Å². The van der Waals surface area contributed by atoms with Crippen LogP contribution in [-0.4, -0.2) is 16.9 Å². The quantitative estimate of drug-likeness (QED) is 0.786. The molecule has 1 heterocycles. The predicted octanol–water partition coefficient (Wildman–Crippen LogP) is 3.93. The molecule has 0 aliphatic rings. The molecule has 4 nitrogen and oxygen atoms in total. The molecule has 3 aromatic rings. The van der Waals surface area contributed by atoms with Crippen molar-refractivity contribution in [2.45, 2.75) is 6.92 Å². The first kappa shape index (κ1) is 13.2. The van der Waals surface area contributed by atoms with E-state index in [-0.39, 0.29) is 0 Å². The lowest BCUT2D eigenvalue weighted by Gasteiger charge is -2.05. The molecule has 0 fully saturated rings. The Bertz CT molecular complexity index is 718. The number of hydrogen-bond donors (Lipinski definition) is 1. The van der Waals surface area contributed by atoms with Gasteiger partial charge in [0.1, 0.15) is 5.75 Å². The van der Waals surface area contributed by atoms with Crippen LogP contribution in [0.1, 0.15) is 5.69 Å². The van der Waals surface area contributed by atoms with E-state index in [0.29, 0.717) is 0 Å². The zero-order valence-electron chi connectivity index (χ0n) is 12.1. The molecule has 0 amide bonds. The van der Waals surface area contributed by atoms with Gasteiger partial charge in [-0.1, -0.05) is 18.2 Å². The van der Waals surface area contributed by atoms with Crippen LogP contribution in [0.4, 0.5) is 11.5 Å². The van der Waals surface area contributed by atoms with E-state index in [1.807, 2.05) is 72.3 Å². The highest BCUT2D eigenvalue weighted by molar-refractivity contribution is 5.58. The normalized spacial score (nSPS) is 10.4. The number of nitrogens with one attached hydrogen (secondary N) is 1. The second-order valence-corrected chi connectivity index (χ2v) is 4.77. The second kappa shape index (κ2) is 5.71. The van der Waals surface area contributed by atoms with Gasteiger partial charge in [0, 0.05) is 17.4 Å². The Labute approximate surface area is 124 Å². The molecule has 0 atom stereocenters. The minimum absolute atomic E-state index is 0.821. The number of rotatable bonds is 4.